The molecular weight excluding hydrogens is 352 g/mol. The van der Waals surface area contributed by atoms with Gasteiger partial charge in [0.2, 0.25) is 5.91 Å². The molecule has 0 unspecified atom stereocenters. The number of pyridine rings is 1. The number of hydrogen-bond donors (Lipinski definition) is 2. The third-order valence-electron chi connectivity index (χ3n) is 3.64. The highest BCUT2D eigenvalue weighted by Crippen LogP contribution is 2.27. The van der Waals surface area contributed by atoms with E-state index in [1.54, 1.807) is 18.3 Å². The van der Waals surface area contributed by atoms with Crippen LogP contribution >= 0.6 is 11.8 Å². The van der Waals surface area contributed by atoms with Crippen molar-refractivity contribution in [1.82, 2.24) is 20.8 Å². The summed E-state index contributed by atoms with van der Waals surface area (Å²) >= 11 is 1.46. The molecule has 2 heterocycles. The minimum absolute atomic E-state index is 0.0838. The van der Waals surface area contributed by atoms with E-state index < -0.39 is 0 Å². The lowest BCUT2D eigenvalue weighted by Crippen LogP contribution is -2.34. The fourth-order valence-corrected chi connectivity index (χ4v) is 3.45. The second-order valence-corrected chi connectivity index (χ2v) is 7.14. The standard InChI is InChI=1S/C18H24N4O3S/c1-11(2)21-16(23)7-9-19-17(24)14-6-5-8-20-18(14)26-10-15-12(3)22-25-13(15)4/h5-6,8,11H,7,9-10H2,1-4H3,(H,19,24)(H,21,23). The molecule has 8 heteroatoms. The summed E-state index contributed by atoms with van der Waals surface area (Å²) in [6, 6.07) is 3.54. The molecule has 2 rings (SSSR count). The molecule has 7 nitrogen and oxygen atoms in total. The van der Waals surface area contributed by atoms with Crippen LogP contribution in [0.25, 0.3) is 0 Å². The Morgan fingerprint density at radius 3 is 2.73 bits per heavy atom. The molecule has 0 radical (unpaired) electrons. The summed E-state index contributed by atoms with van der Waals surface area (Å²) in [5.41, 5.74) is 2.35. The van der Waals surface area contributed by atoms with Gasteiger partial charge in [-0.1, -0.05) is 5.16 Å². The van der Waals surface area contributed by atoms with Crippen LogP contribution < -0.4 is 10.6 Å². The van der Waals surface area contributed by atoms with Crippen molar-refractivity contribution in [2.24, 2.45) is 0 Å². The first-order chi connectivity index (χ1) is 12.4. The van der Waals surface area contributed by atoms with Gasteiger partial charge in [-0.3, -0.25) is 9.59 Å². The fraction of sp³-hybridized carbons (Fsp3) is 0.444. The lowest BCUT2D eigenvalue weighted by molar-refractivity contribution is -0.121. The molecule has 0 spiro atoms. The lowest BCUT2D eigenvalue weighted by Gasteiger charge is -2.10. The summed E-state index contributed by atoms with van der Waals surface area (Å²) < 4.78 is 5.16. The van der Waals surface area contributed by atoms with Gasteiger partial charge < -0.3 is 15.2 Å². The molecule has 0 atom stereocenters. The Hall–Kier alpha value is -2.35. The predicted molar refractivity (Wildman–Crippen MR) is 100 cm³/mol. The number of hydrogen-bond acceptors (Lipinski definition) is 6. The quantitative estimate of drug-likeness (QED) is 0.688. The van der Waals surface area contributed by atoms with E-state index >= 15 is 0 Å². The van der Waals surface area contributed by atoms with Gasteiger partial charge in [-0.15, -0.1) is 11.8 Å². The summed E-state index contributed by atoms with van der Waals surface area (Å²) in [5.74, 6) is 1.07. The first-order valence-corrected chi connectivity index (χ1v) is 9.44. The molecule has 0 aliphatic carbocycles. The molecule has 0 saturated carbocycles. The molecule has 140 valence electrons. The third-order valence-corrected chi connectivity index (χ3v) is 4.67. The van der Waals surface area contributed by atoms with E-state index in [0.717, 1.165) is 17.0 Å². The zero-order valence-corrected chi connectivity index (χ0v) is 16.3. The molecule has 0 aromatic carbocycles. The monoisotopic (exact) mass is 376 g/mol. The Kier molecular flexibility index (Phi) is 7.20. The number of carbonyl (C=O) groups excluding carboxylic acids is 2. The second-order valence-electron chi connectivity index (χ2n) is 6.18. The van der Waals surface area contributed by atoms with Gasteiger partial charge in [-0.2, -0.15) is 0 Å². The highest BCUT2D eigenvalue weighted by atomic mass is 32.2. The van der Waals surface area contributed by atoms with Crippen LogP contribution in [0.4, 0.5) is 0 Å². The number of rotatable bonds is 8. The van der Waals surface area contributed by atoms with Crippen molar-refractivity contribution in [1.29, 1.82) is 0 Å². The van der Waals surface area contributed by atoms with Gasteiger partial charge in [0.05, 0.1) is 11.3 Å². The summed E-state index contributed by atoms with van der Waals surface area (Å²) in [6.07, 6.45) is 1.90. The van der Waals surface area contributed by atoms with Crippen LogP contribution in [-0.4, -0.2) is 34.5 Å². The largest absolute Gasteiger partial charge is 0.361 e. The zero-order valence-electron chi connectivity index (χ0n) is 15.5. The summed E-state index contributed by atoms with van der Waals surface area (Å²) in [4.78, 5) is 28.4. The molecule has 0 aliphatic heterocycles. The summed E-state index contributed by atoms with van der Waals surface area (Å²) in [6.45, 7) is 7.83. The average molecular weight is 376 g/mol. The van der Waals surface area contributed by atoms with E-state index in [0.29, 0.717) is 16.3 Å². The molecule has 0 fully saturated rings. The Morgan fingerprint density at radius 2 is 2.08 bits per heavy atom. The number of aryl methyl sites for hydroxylation is 2. The van der Waals surface area contributed by atoms with Gasteiger partial charge in [-0.25, -0.2) is 4.98 Å². The van der Waals surface area contributed by atoms with Crippen molar-refractivity contribution in [2.75, 3.05) is 6.54 Å². The molecule has 26 heavy (non-hydrogen) atoms. The molecular formula is C18H24N4O3S. The number of carbonyl (C=O) groups is 2. The number of aromatic nitrogens is 2. The Balaban J connectivity index is 1.95. The van der Waals surface area contributed by atoms with Gasteiger partial charge in [0, 0.05) is 36.5 Å². The van der Waals surface area contributed by atoms with Crippen LogP contribution in [0.1, 0.15) is 47.6 Å². The Morgan fingerprint density at radius 1 is 1.31 bits per heavy atom. The van der Waals surface area contributed by atoms with Crippen LogP contribution in [-0.2, 0) is 10.5 Å². The van der Waals surface area contributed by atoms with Crippen LogP contribution in [0.3, 0.4) is 0 Å². The van der Waals surface area contributed by atoms with Crippen molar-refractivity contribution >= 4 is 23.6 Å². The molecule has 2 aromatic rings. The molecule has 0 saturated heterocycles. The highest BCUT2D eigenvalue weighted by Gasteiger charge is 2.15. The topological polar surface area (TPSA) is 97.1 Å². The molecule has 0 bridgehead atoms. The van der Waals surface area contributed by atoms with Gasteiger partial charge >= 0.3 is 0 Å². The SMILES string of the molecule is Cc1noc(C)c1CSc1ncccc1C(=O)NCCC(=O)NC(C)C. The highest BCUT2D eigenvalue weighted by molar-refractivity contribution is 7.98. The van der Waals surface area contributed by atoms with Gasteiger partial charge in [0.25, 0.3) is 5.91 Å². The average Bonchev–Trinajstić information content (AvgIpc) is 2.90. The zero-order chi connectivity index (χ0) is 19.1. The van der Waals surface area contributed by atoms with Crippen molar-refractivity contribution in [3.05, 3.63) is 40.9 Å². The minimum Gasteiger partial charge on any atom is -0.361 e. The first-order valence-electron chi connectivity index (χ1n) is 8.45. The van der Waals surface area contributed by atoms with E-state index in [9.17, 15) is 9.59 Å². The molecule has 2 N–H and O–H groups in total. The van der Waals surface area contributed by atoms with Crippen molar-refractivity contribution in [3.63, 3.8) is 0 Å². The smallest absolute Gasteiger partial charge is 0.254 e. The molecule has 2 aromatic heterocycles. The maximum Gasteiger partial charge on any atom is 0.254 e. The summed E-state index contributed by atoms with van der Waals surface area (Å²) in [5, 5.41) is 10.1. The van der Waals surface area contributed by atoms with E-state index in [1.807, 2.05) is 27.7 Å². The fourth-order valence-electron chi connectivity index (χ4n) is 2.31. The first kappa shape index (κ1) is 20.0. The van der Waals surface area contributed by atoms with Crippen molar-refractivity contribution < 1.29 is 14.1 Å². The van der Waals surface area contributed by atoms with E-state index in [1.165, 1.54) is 11.8 Å². The normalized spacial score (nSPS) is 10.8. The van der Waals surface area contributed by atoms with Crippen molar-refractivity contribution in [3.8, 4) is 0 Å². The van der Waals surface area contributed by atoms with Gasteiger partial charge in [0.15, 0.2) is 0 Å². The van der Waals surface area contributed by atoms with E-state index in [2.05, 4.69) is 20.8 Å². The maximum atomic E-state index is 12.4. The lowest BCUT2D eigenvalue weighted by atomic mass is 10.2. The maximum absolute atomic E-state index is 12.4. The number of nitrogens with zero attached hydrogens (tertiary/aromatic N) is 2. The summed E-state index contributed by atoms with van der Waals surface area (Å²) in [7, 11) is 0. The van der Waals surface area contributed by atoms with E-state index in [-0.39, 0.29) is 30.8 Å². The van der Waals surface area contributed by atoms with Gasteiger partial charge in [0.1, 0.15) is 10.8 Å². The second kappa shape index (κ2) is 9.38. The number of nitrogens with one attached hydrogen (secondary N) is 2. The minimum atomic E-state index is -0.239. The van der Waals surface area contributed by atoms with Crippen LogP contribution in [0, 0.1) is 13.8 Å². The van der Waals surface area contributed by atoms with Crippen LogP contribution in [0.2, 0.25) is 0 Å². The Bertz CT molecular complexity index is 754. The molecule has 2 amide bonds. The predicted octanol–water partition coefficient (Wildman–Crippen LogP) is 2.62. The third kappa shape index (κ3) is 5.59. The number of amides is 2. The van der Waals surface area contributed by atoms with Gasteiger partial charge in [-0.05, 0) is 39.8 Å². The van der Waals surface area contributed by atoms with E-state index in [4.69, 9.17) is 4.52 Å². The Labute approximate surface area is 157 Å². The van der Waals surface area contributed by atoms with Crippen LogP contribution in [0.15, 0.2) is 27.9 Å². The van der Waals surface area contributed by atoms with Crippen LogP contribution in [0.5, 0.6) is 0 Å². The van der Waals surface area contributed by atoms with Crippen molar-refractivity contribution in [2.45, 2.75) is 50.9 Å². The number of thioether (sulfide) groups is 1. The molecule has 0 aliphatic rings.